The van der Waals surface area contributed by atoms with Crippen molar-refractivity contribution >= 4 is 44.9 Å². The SMILES string of the molecule is CC1Oc2ccc(-c3csc(NC(=O)Cc4c[nH]c5ccccc45)n3)cc2NC1=O. The number of aromatic nitrogens is 2. The molecule has 150 valence electrons. The van der Waals surface area contributed by atoms with Crippen LogP contribution < -0.4 is 15.4 Å². The summed E-state index contributed by atoms with van der Waals surface area (Å²) in [5.74, 6) is 0.331. The van der Waals surface area contributed by atoms with Gasteiger partial charge in [-0.15, -0.1) is 11.3 Å². The molecule has 0 saturated carbocycles. The number of thiazole rings is 1. The van der Waals surface area contributed by atoms with Crippen molar-refractivity contribution in [1.82, 2.24) is 9.97 Å². The van der Waals surface area contributed by atoms with Gasteiger partial charge in [0.1, 0.15) is 5.75 Å². The number of ether oxygens (including phenoxy) is 1. The Hall–Kier alpha value is -3.65. The molecule has 1 aliphatic heterocycles. The van der Waals surface area contributed by atoms with E-state index in [1.165, 1.54) is 11.3 Å². The number of carbonyl (C=O) groups excluding carboxylic acids is 2. The Kier molecular flexibility index (Phi) is 4.48. The molecule has 3 heterocycles. The first kappa shape index (κ1) is 18.4. The molecule has 2 aromatic heterocycles. The highest BCUT2D eigenvalue weighted by atomic mass is 32.1. The lowest BCUT2D eigenvalue weighted by molar-refractivity contribution is -0.122. The normalized spacial score (nSPS) is 15.4. The molecule has 8 heteroatoms. The van der Waals surface area contributed by atoms with E-state index in [-0.39, 0.29) is 18.2 Å². The average Bonchev–Trinajstić information content (AvgIpc) is 3.36. The fourth-order valence-corrected chi connectivity index (χ4v) is 4.18. The highest BCUT2D eigenvalue weighted by Crippen LogP contribution is 2.35. The van der Waals surface area contributed by atoms with Gasteiger partial charge in [0.15, 0.2) is 11.2 Å². The summed E-state index contributed by atoms with van der Waals surface area (Å²) < 4.78 is 5.58. The first-order chi connectivity index (χ1) is 14.6. The van der Waals surface area contributed by atoms with E-state index in [0.29, 0.717) is 16.6 Å². The number of aromatic amines is 1. The van der Waals surface area contributed by atoms with Gasteiger partial charge in [0, 0.05) is 28.0 Å². The minimum Gasteiger partial charge on any atom is -0.479 e. The molecule has 3 N–H and O–H groups in total. The van der Waals surface area contributed by atoms with Crippen LogP contribution in [0.25, 0.3) is 22.2 Å². The molecule has 0 radical (unpaired) electrons. The Morgan fingerprint density at radius 3 is 3.03 bits per heavy atom. The van der Waals surface area contributed by atoms with E-state index >= 15 is 0 Å². The maximum absolute atomic E-state index is 12.5. The van der Waals surface area contributed by atoms with Gasteiger partial charge in [-0.05, 0) is 36.8 Å². The molecule has 0 aliphatic carbocycles. The molecule has 0 spiro atoms. The number of para-hydroxylation sites is 1. The van der Waals surface area contributed by atoms with Gasteiger partial charge in [0.2, 0.25) is 5.91 Å². The summed E-state index contributed by atoms with van der Waals surface area (Å²) in [6, 6.07) is 13.4. The van der Waals surface area contributed by atoms with E-state index < -0.39 is 6.10 Å². The molecule has 30 heavy (non-hydrogen) atoms. The van der Waals surface area contributed by atoms with Crippen molar-refractivity contribution in [1.29, 1.82) is 0 Å². The van der Waals surface area contributed by atoms with E-state index in [2.05, 4.69) is 20.6 Å². The van der Waals surface area contributed by atoms with Gasteiger partial charge in [-0.3, -0.25) is 9.59 Å². The van der Waals surface area contributed by atoms with Crippen molar-refractivity contribution < 1.29 is 14.3 Å². The first-order valence-corrected chi connectivity index (χ1v) is 10.4. The molecule has 5 rings (SSSR count). The number of anilines is 2. The van der Waals surface area contributed by atoms with E-state index in [0.717, 1.165) is 27.7 Å². The van der Waals surface area contributed by atoms with Crippen LogP contribution in [-0.4, -0.2) is 27.9 Å². The molecule has 2 aromatic carbocycles. The van der Waals surface area contributed by atoms with Gasteiger partial charge < -0.3 is 20.4 Å². The van der Waals surface area contributed by atoms with E-state index in [9.17, 15) is 9.59 Å². The highest BCUT2D eigenvalue weighted by molar-refractivity contribution is 7.14. The summed E-state index contributed by atoms with van der Waals surface area (Å²) >= 11 is 1.36. The number of nitrogens with one attached hydrogen (secondary N) is 3. The van der Waals surface area contributed by atoms with Gasteiger partial charge in [0.25, 0.3) is 5.91 Å². The van der Waals surface area contributed by atoms with E-state index in [4.69, 9.17) is 4.74 Å². The van der Waals surface area contributed by atoms with Crippen LogP contribution in [0.5, 0.6) is 5.75 Å². The fourth-order valence-electron chi connectivity index (χ4n) is 3.45. The number of hydrogen-bond donors (Lipinski definition) is 3. The average molecular weight is 418 g/mol. The van der Waals surface area contributed by atoms with Crippen molar-refractivity contribution in [3.05, 3.63) is 59.6 Å². The Labute approximate surface area is 176 Å². The van der Waals surface area contributed by atoms with Crippen LogP contribution in [0.3, 0.4) is 0 Å². The van der Waals surface area contributed by atoms with E-state index in [1.807, 2.05) is 54.0 Å². The van der Waals surface area contributed by atoms with Gasteiger partial charge in [-0.1, -0.05) is 18.2 Å². The number of H-pyrrole nitrogens is 1. The summed E-state index contributed by atoms with van der Waals surface area (Å²) in [6.45, 7) is 1.71. The number of benzene rings is 2. The summed E-state index contributed by atoms with van der Waals surface area (Å²) in [7, 11) is 0. The second kappa shape index (κ2) is 7.31. The number of hydrogen-bond acceptors (Lipinski definition) is 5. The minimum atomic E-state index is -0.512. The Morgan fingerprint density at radius 2 is 2.13 bits per heavy atom. The summed E-state index contributed by atoms with van der Waals surface area (Å²) in [5.41, 5.74) is 4.13. The first-order valence-electron chi connectivity index (χ1n) is 9.49. The Balaban J connectivity index is 1.30. The smallest absolute Gasteiger partial charge is 0.265 e. The Bertz CT molecular complexity index is 1280. The van der Waals surface area contributed by atoms with Crippen molar-refractivity contribution in [2.24, 2.45) is 0 Å². The van der Waals surface area contributed by atoms with E-state index in [1.54, 1.807) is 6.92 Å². The molecule has 7 nitrogen and oxygen atoms in total. The van der Waals surface area contributed by atoms with Crippen LogP contribution in [0.1, 0.15) is 12.5 Å². The van der Waals surface area contributed by atoms with Crippen LogP contribution in [0.15, 0.2) is 54.0 Å². The van der Waals surface area contributed by atoms with Gasteiger partial charge >= 0.3 is 0 Å². The standard InChI is InChI=1S/C22H18N4O3S/c1-12-21(28)24-17-8-13(6-7-19(17)29-12)18-11-30-22(25-18)26-20(27)9-14-10-23-16-5-3-2-4-15(14)16/h2-8,10-12,23H,9H2,1H3,(H,24,28)(H,25,26,27). The lowest BCUT2D eigenvalue weighted by Gasteiger charge is -2.23. The molecular formula is C22H18N4O3S. The second-order valence-corrected chi connectivity index (χ2v) is 7.94. The molecule has 0 fully saturated rings. The van der Waals surface area contributed by atoms with Crippen molar-refractivity contribution in [3.63, 3.8) is 0 Å². The van der Waals surface area contributed by atoms with Crippen molar-refractivity contribution in [2.45, 2.75) is 19.4 Å². The summed E-state index contributed by atoms with van der Waals surface area (Å²) in [6.07, 6.45) is 1.61. The van der Waals surface area contributed by atoms with Crippen LogP contribution in [0.4, 0.5) is 10.8 Å². The third-order valence-corrected chi connectivity index (χ3v) is 5.74. The molecule has 0 bridgehead atoms. The predicted octanol–water partition coefficient (Wildman–Crippen LogP) is 4.19. The minimum absolute atomic E-state index is 0.124. The van der Waals surface area contributed by atoms with Crippen LogP contribution in [-0.2, 0) is 16.0 Å². The number of fused-ring (bicyclic) bond motifs is 2. The molecular weight excluding hydrogens is 400 g/mol. The summed E-state index contributed by atoms with van der Waals surface area (Å²) in [4.78, 5) is 32.0. The van der Waals surface area contributed by atoms with Crippen LogP contribution >= 0.6 is 11.3 Å². The fraction of sp³-hybridized carbons (Fsp3) is 0.136. The highest BCUT2D eigenvalue weighted by Gasteiger charge is 2.24. The zero-order valence-electron chi connectivity index (χ0n) is 16.1. The summed E-state index contributed by atoms with van der Waals surface area (Å²) in [5, 5.41) is 9.15. The number of amides is 2. The zero-order chi connectivity index (χ0) is 20.7. The number of carbonyl (C=O) groups is 2. The second-order valence-electron chi connectivity index (χ2n) is 7.08. The zero-order valence-corrected chi connectivity index (χ0v) is 16.9. The maximum atomic E-state index is 12.5. The van der Waals surface area contributed by atoms with Crippen LogP contribution in [0.2, 0.25) is 0 Å². The van der Waals surface area contributed by atoms with Gasteiger partial charge in [-0.2, -0.15) is 0 Å². The quantitative estimate of drug-likeness (QED) is 0.463. The molecule has 2 amide bonds. The number of rotatable bonds is 4. The monoisotopic (exact) mass is 418 g/mol. The molecule has 4 aromatic rings. The third-order valence-electron chi connectivity index (χ3n) is 4.98. The van der Waals surface area contributed by atoms with Gasteiger partial charge in [0.05, 0.1) is 17.8 Å². The molecule has 1 atom stereocenters. The third kappa shape index (κ3) is 3.42. The van der Waals surface area contributed by atoms with Crippen molar-refractivity contribution in [2.75, 3.05) is 10.6 Å². The maximum Gasteiger partial charge on any atom is 0.265 e. The predicted molar refractivity (Wildman–Crippen MR) is 117 cm³/mol. The molecule has 1 unspecified atom stereocenters. The largest absolute Gasteiger partial charge is 0.479 e. The van der Waals surface area contributed by atoms with Gasteiger partial charge in [-0.25, -0.2) is 4.98 Å². The Morgan fingerprint density at radius 1 is 1.27 bits per heavy atom. The molecule has 1 aliphatic rings. The number of nitrogens with zero attached hydrogens (tertiary/aromatic N) is 1. The lowest BCUT2D eigenvalue weighted by Crippen LogP contribution is -2.34. The molecule has 0 saturated heterocycles. The lowest BCUT2D eigenvalue weighted by atomic mass is 10.1. The topological polar surface area (TPSA) is 96.1 Å². The van der Waals surface area contributed by atoms with Crippen molar-refractivity contribution in [3.8, 4) is 17.0 Å². The van der Waals surface area contributed by atoms with Crippen LogP contribution in [0, 0.1) is 0 Å².